The van der Waals surface area contributed by atoms with Crippen molar-refractivity contribution in [2.75, 3.05) is 20.1 Å². The van der Waals surface area contributed by atoms with Crippen LogP contribution < -0.4 is 10.6 Å². The first-order chi connectivity index (χ1) is 10.6. The molecule has 0 saturated carbocycles. The number of guanidine groups is 1. The molecule has 0 aromatic carbocycles. The molecule has 0 amide bonds. The first-order valence-electron chi connectivity index (χ1n) is 7.58. The molecule has 24 heavy (non-hydrogen) atoms. The predicted molar refractivity (Wildman–Crippen MR) is 104 cm³/mol. The van der Waals surface area contributed by atoms with E-state index in [-0.39, 0.29) is 24.0 Å². The van der Waals surface area contributed by atoms with Gasteiger partial charge in [0.05, 0.1) is 5.01 Å². The van der Waals surface area contributed by atoms with Gasteiger partial charge < -0.3 is 10.6 Å². The highest BCUT2D eigenvalue weighted by Gasteiger charge is 2.33. The average Bonchev–Trinajstić information content (AvgIpc) is 2.89. The maximum atomic E-state index is 12.5. The van der Waals surface area contributed by atoms with E-state index in [0.29, 0.717) is 29.3 Å². The van der Waals surface area contributed by atoms with Crippen LogP contribution in [0.3, 0.4) is 0 Å². The van der Waals surface area contributed by atoms with E-state index in [0.717, 1.165) is 36.1 Å². The zero-order chi connectivity index (χ0) is 17.5. The van der Waals surface area contributed by atoms with Crippen molar-refractivity contribution in [2.45, 2.75) is 46.2 Å². The van der Waals surface area contributed by atoms with Crippen LogP contribution in [0, 0.1) is 5.41 Å². The summed E-state index contributed by atoms with van der Waals surface area (Å²) in [6.45, 7) is 7.89. The van der Waals surface area contributed by atoms with Gasteiger partial charge in [-0.3, -0.25) is 4.99 Å². The minimum absolute atomic E-state index is 0. The van der Waals surface area contributed by atoms with Gasteiger partial charge >= 0.3 is 6.18 Å². The van der Waals surface area contributed by atoms with Crippen LogP contribution in [0.25, 0.3) is 0 Å². The monoisotopic (exact) mass is 478 g/mol. The lowest BCUT2D eigenvalue weighted by Crippen LogP contribution is -2.38. The van der Waals surface area contributed by atoms with Crippen molar-refractivity contribution >= 4 is 41.3 Å². The van der Waals surface area contributed by atoms with Gasteiger partial charge in [-0.25, -0.2) is 4.98 Å². The van der Waals surface area contributed by atoms with E-state index in [4.69, 9.17) is 0 Å². The molecule has 140 valence electrons. The Morgan fingerprint density at radius 1 is 1.21 bits per heavy atom. The van der Waals surface area contributed by atoms with Gasteiger partial charge in [0.25, 0.3) is 0 Å². The predicted octanol–water partition coefficient (Wildman–Crippen LogP) is 4.31. The summed E-state index contributed by atoms with van der Waals surface area (Å²) in [7, 11) is 1.67. The van der Waals surface area contributed by atoms with Crippen LogP contribution in [0.1, 0.15) is 44.3 Å². The highest BCUT2D eigenvalue weighted by atomic mass is 127. The van der Waals surface area contributed by atoms with E-state index in [1.807, 2.05) is 0 Å². The Morgan fingerprint density at radius 3 is 2.33 bits per heavy atom. The molecule has 0 spiro atoms. The molecule has 1 heterocycles. The lowest BCUT2D eigenvalue weighted by Gasteiger charge is -2.18. The number of nitrogens with one attached hydrogen (secondary N) is 2. The number of hydrogen-bond acceptors (Lipinski definition) is 3. The number of nitrogens with zero attached hydrogens (tertiary/aromatic N) is 2. The van der Waals surface area contributed by atoms with Gasteiger partial charge in [-0.05, 0) is 18.3 Å². The van der Waals surface area contributed by atoms with Gasteiger partial charge in [0.1, 0.15) is 0 Å². The Hall–Kier alpha value is -0.580. The fourth-order valence-electron chi connectivity index (χ4n) is 1.89. The van der Waals surface area contributed by atoms with Gasteiger partial charge in [0.15, 0.2) is 11.7 Å². The zero-order valence-electron chi connectivity index (χ0n) is 14.5. The molecule has 4 nitrogen and oxygen atoms in total. The summed E-state index contributed by atoms with van der Waals surface area (Å²) in [6, 6.07) is 0. The van der Waals surface area contributed by atoms with Crippen LogP contribution in [0.2, 0.25) is 0 Å². The minimum atomic E-state index is -4.37. The van der Waals surface area contributed by atoms with Crippen LogP contribution in [0.4, 0.5) is 13.2 Å². The molecule has 0 aliphatic rings. The molecule has 0 unspecified atom stereocenters. The highest BCUT2D eigenvalue weighted by Crippen LogP contribution is 2.30. The second-order valence-electron chi connectivity index (χ2n) is 6.46. The first kappa shape index (κ1) is 23.4. The number of thiazole rings is 1. The minimum Gasteiger partial charge on any atom is -0.356 e. The Labute approximate surface area is 162 Å². The maximum absolute atomic E-state index is 12.5. The topological polar surface area (TPSA) is 49.3 Å². The number of rotatable bonds is 6. The van der Waals surface area contributed by atoms with E-state index < -0.39 is 11.9 Å². The smallest absolute Gasteiger partial charge is 0.356 e. The van der Waals surface area contributed by atoms with Crippen LogP contribution in [-0.2, 0) is 12.6 Å². The normalized spacial score (nSPS) is 12.7. The number of aliphatic imine (C=N–C) groups is 1. The molecule has 0 saturated heterocycles. The molecule has 1 aromatic heterocycles. The van der Waals surface area contributed by atoms with Gasteiger partial charge in [0, 0.05) is 31.9 Å². The molecule has 1 aromatic rings. The van der Waals surface area contributed by atoms with Gasteiger partial charge in [-0.1, -0.05) is 20.8 Å². The van der Waals surface area contributed by atoms with E-state index in [2.05, 4.69) is 41.4 Å². The summed E-state index contributed by atoms with van der Waals surface area (Å²) < 4.78 is 37.4. The van der Waals surface area contributed by atoms with Crippen molar-refractivity contribution in [2.24, 2.45) is 10.4 Å². The van der Waals surface area contributed by atoms with Crippen LogP contribution in [0.5, 0.6) is 0 Å². The summed E-state index contributed by atoms with van der Waals surface area (Å²) in [5.74, 6) is 0.659. The fraction of sp³-hybridized carbons (Fsp3) is 0.733. The number of alkyl halides is 3. The molecular formula is C15H26F3IN4S. The second kappa shape index (κ2) is 10.4. The third kappa shape index (κ3) is 9.65. The van der Waals surface area contributed by atoms with Crippen molar-refractivity contribution in [3.8, 4) is 0 Å². The van der Waals surface area contributed by atoms with E-state index in [1.165, 1.54) is 0 Å². The molecule has 0 bridgehead atoms. The van der Waals surface area contributed by atoms with E-state index in [1.54, 1.807) is 7.05 Å². The summed E-state index contributed by atoms with van der Waals surface area (Å²) in [4.78, 5) is 7.69. The third-order valence-electron chi connectivity index (χ3n) is 3.09. The van der Waals surface area contributed by atoms with Gasteiger partial charge in [0.2, 0.25) is 0 Å². The fourth-order valence-corrected chi connectivity index (χ4v) is 2.69. The molecule has 1 rings (SSSR count). The standard InChI is InChI=1S/C15H25F3N4S.HI/c1-14(2,3)7-5-8-20-13(19-4)21-9-6-12-22-11(10-23-12)15(16,17)18;/h10H,5-9H2,1-4H3,(H2,19,20,21);1H. The molecule has 0 fully saturated rings. The molecule has 0 aliphatic heterocycles. The Kier molecular flexibility index (Phi) is 10.2. The maximum Gasteiger partial charge on any atom is 0.434 e. The van der Waals surface area contributed by atoms with E-state index >= 15 is 0 Å². The summed E-state index contributed by atoms with van der Waals surface area (Å²) in [5, 5.41) is 7.80. The molecule has 0 radical (unpaired) electrons. The number of aromatic nitrogens is 1. The summed E-state index contributed by atoms with van der Waals surface area (Å²) in [5.41, 5.74) is -0.512. The number of halogens is 4. The lowest BCUT2D eigenvalue weighted by atomic mass is 9.91. The second-order valence-corrected chi connectivity index (χ2v) is 7.41. The highest BCUT2D eigenvalue weighted by molar-refractivity contribution is 14.0. The van der Waals surface area contributed by atoms with Crippen molar-refractivity contribution in [1.82, 2.24) is 15.6 Å². The largest absolute Gasteiger partial charge is 0.434 e. The number of hydrogen-bond donors (Lipinski definition) is 2. The Balaban J connectivity index is 0.00000529. The van der Waals surface area contributed by atoms with Gasteiger partial charge in [-0.2, -0.15) is 13.2 Å². The van der Waals surface area contributed by atoms with E-state index in [9.17, 15) is 13.2 Å². The van der Waals surface area contributed by atoms with Crippen molar-refractivity contribution in [3.05, 3.63) is 16.1 Å². The third-order valence-corrected chi connectivity index (χ3v) is 4.00. The zero-order valence-corrected chi connectivity index (χ0v) is 17.6. The molecule has 0 atom stereocenters. The van der Waals surface area contributed by atoms with Gasteiger partial charge in [-0.15, -0.1) is 35.3 Å². The van der Waals surface area contributed by atoms with Crippen molar-refractivity contribution < 1.29 is 13.2 Å². The summed E-state index contributed by atoms with van der Waals surface area (Å²) in [6.07, 6.45) is -1.79. The molecular weight excluding hydrogens is 452 g/mol. The first-order valence-corrected chi connectivity index (χ1v) is 8.46. The van der Waals surface area contributed by atoms with Crippen molar-refractivity contribution in [3.63, 3.8) is 0 Å². The quantitative estimate of drug-likeness (QED) is 0.277. The average molecular weight is 478 g/mol. The Bertz CT molecular complexity index is 510. The van der Waals surface area contributed by atoms with Crippen LogP contribution >= 0.6 is 35.3 Å². The van der Waals surface area contributed by atoms with Crippen molar-refractivity contribution in [1.29, 1.82) is 0 Å². The Morgan fingerprint density at radius 2 is 1.83 bits per heavy atom. The SMILES string of the molecule is CN=C(NCCCC(C)(C)C)NCCc1nc(C(F)(F)F)cs1.I. The van der Waals surface area contributed by atoms with Crippen LogP contribution in [0.15, 0.2) is 10.4 Å². The van der Waals surface area contributed by atoms with Crippen LogP contribution in [-0.4, -0.2) is 31.1 Å². The molecule has 0 aliphatic carbocycles. The molecule has 2 N–H and O–H groups in total. The summed E-state index contributed by atoms with van der Waals surface area (Å²) >= 11 is 1.03. The molecule has 9 heteroatoms. The lowest BCUT2D eigenvalue weighted by molar-refractivity contribution is -0.140.